The SMILES string of the molecule is O=[N+]([O-])C[C@@H](c1ccco1)P(=O)(Oc1ccccc1)Oc1ccccc1. The highest BCUT2D eigenvalue weighted by Crippen LogP contribution is 2.60. The summed E-state index contributed by atoms with van der Waals surface area (Å²) in [7, 11) is -4.05. The number of rotatable bonds is 8. The molecule has 8 heteroatoms. The molecule has 1 atom stereocenters. The van der Waals surface area contributed by atoms with Gasteiger partial charge in [-0.2, -0.15) is 0 Å². The summed E-state index contributed by atoms with van der Waals surface area (Å²) in [6, 6.07) is 19.9. The van der Waals surface area contributed by atoms with Crippen LogP contribution in [0.4, 0.5) is 0 Å². The second-order valence-electron chi connectivity index (χ2n) is 5.40. The Kier molecular flexibility index (Phi) is 5.39. The number of nitro groups is 1. The molecule has 0 saturated heterocycles. The smallest absolute Gasteiger partial charge is 0.448 e. The van der Waals surface area contributed by atoms with Crippen molar-refractivity contribution >= 4 is 7.60 Å². The van der Waals surface area contributed by atoms with Crippen molar-refractivity contribution in [3.63, 3.8) is 0 Å². The molecule has 0 bridgehead atoms. The van der Waals surface area contributed by atoms with E-state index in [-0.39, 0.29) is 17.3 Å². The van der Waals surface area contributed by atoms with Crippen molar-refractivity contribution in [1.29, 1.82) is 0 Å². The number of hydrogen-bond donors (Lipinski definition) is 0. The molecule has 0 aliphatic carbocycles. The standard InChI is InChI=1S/C18H16NO6P/c20-19(21)14-18(17-12-7-13-23-17)26(22,24-15-8-3-1-4-9-15)25-16-10-5-2-6-11-16/h1-13,18H,14H2/t18-/m0/s1. The Morgan fingerprint density at radius 2 is 1.46 bits per heavy atom. The highest BCUT2D eigenvalue weighted by atomic mass is 31.2. The fraction of sp³-hybridized carbons (Fsp3) is 0.111. The summed E-state index contributed by atoms with van der Waals surface area (Å²) in [6.45, 7) is -0.662. The monoisotopic (exact) mass is 373 g/mol. The summed E-state index contributed by atoms with van der Waals surface area (Å²) in [6.07, 6.45) is 1.36. The molecule has 0 amide bonds. The van der Waals surface area contributed by atoms with Crippen molar-refractivity contribution in [3.8, 4) is 11.5 Å². The largest absolute Gasteiger partial charge is 0.468 e. The van der Waals surface area contributed by atoms with Gasteiger partial charge in [0, 0.05) is 4.92 Å². The summed E-state index contributed by atoms with van der Waals surface area (Å²) in [5.74, 6) is 0.732. The van der Waals surface area contributed by atoms with Gasteiger partial charge in [0.15, 0.2) is 0 Å². The minimum Gasteiger partial charge on any atom is -0.468 e. The lowest BCUT2D eigenvalue weighted by Gasteiger charge is -2.24. The quantitative estimate of drug-likeness (QED) is 0.315. The van der Waals surface area contributed by atoms with Crippen LogP contribution in [0.15, 0.2) is 83.5 Å². The van der Waals surface area contributed by atoms with Crippen molar-refractivity contribution in [2.45, 2.75) is 5.66 Å². The van der Waals surface area contributed by atoms with E-state index in [9.17, 15) is 14.7 Å². The molecular weight excluding hydrogens is 357 g/mol. The molecule has 3 aromatic rings. The van der Waals surface area contributed by atoms with E-state index in [1.54, 1.807) is 66.7 Å². The van der Waals surface area contributed by atoms with Crippen molar-refractivity contribution in [2.24, 2.45) is 0 Å². The molecule has 134 valence electrons. The first-order valence-corrected chi connectivity index (χ1v) is 9.42. The number of benzene rings is 2. The minimum atomic E-state index is -4.05. The molecule has 0 spiro atoms. The van der Waals surface area contributed by atoms with Crippen LogP contribution in [0.25, 0.3) is 0 Å². The normalized spacial score (nSPS) is 12.3. The van der Waals surface area contributed by atoms with E-state index < -0.39 is 24.7 Å². The van der Waals surface area contributed by atoms with Crippen LogP contribution in [-0.2, 0) is 4.57 Å². The van der Waals surface area contributed by atoms with Crippen molar-refractivity contribution in [2.75, 3.05) is 6.54 Å². The molecule has 1 aromatic heterocycles. The van der Waals surface area contributed by atoms with E-state index in [0.717, 1.165) is 0 Å². The molecule has 3 rings (SSSR count). The lowest BCUT2D eigenvalue weighted by atomic mass is 10.3. The molecule has 0 aliphatic rings. The first kappa shape index (κ1) is 17.8. The van der Waals surface area contributed by atoms with E-state index >= 15 is 0 Å². The van der Waals surface area contributed by atoms with Gasteiger partial charge < -0.3 is 13.5 Å². The number of para-hydroxylation sites is 2. The van der Waals surface area contributed by atoms with Crippen molar-refractivity contribution in [3.05, 3.63) is 94.9 Å². The molecule has 0 N–H and O–H groups in total. The van der Waals surface area contributed by atoms with Gasteiger partial charge in [-0.05, 0) is 36.4 Å². The highest BCUT2D eigenvalue weighted by Gasteiger charge is 2.46. The number of nitrogens with zero attached hydrogens (tertiary/aromatic N) is 1. The third kappa shape index (κ3) is 4.32. The third-order valence-corrected chi connectivity index (χ3v) is 5.64. The van der Waals surface area contributed by atoms with Gasteiger partial charge in [0.2, 0.25) is 12.2 Å². The highest BCUT2D eigenvalue weighted by molar-refractivity contribution is 7.55. The zero-order valence-corrected chi connectivity index (χ0v) is 14.5. The Bertz CT molecular complexity index is 837. The lowest BCUT2D eigenvalue weighted by molar-refractivity contribution is -0.480. The molecule has 0 fully saturated rings. The van der Waals surface area contributed by atoms with E-state index in [4.69, 9.17) is 13.5 Å². The van der Waals surface area contributed by atoms with Gasteiger partial charge in [-0.3, -0.25) is 10.1 Å². The van der Waals surface area contributed by atoms with E-state index in [1.807, 2.05) is 0 Å². The Hall–Kier alpha value is -3.05. The van der Waals surface area contributed by atoms with Crippen molar-refractivity contribution in [1.82, 2.24) is 0 Å². The van der Waals surface area contributed by atoms with Gasteiger partial charge in [0.1, 0.15) is 17.3 Å². The third-order valence-electron chi connectivity index (χ3n) is 3.53. The van der Waals surface area contributed by atoms with E-state index in [0.29, 0.717) is 0 Å². The minimum absolute atomic E-state index is 0.164. The van der Waals surface area contributed by atoms with Crippen LogP contribution in [-0.4, -0.2) is 11.5 Å². The van der Waals surface area contributed by atoms with E-state index in [1.165, 1.54) is 12.3 Å². The maximum Gasteiger partial charge on any atom is 0.448 e. The summed E-state index contributed by atoms with van der Waals surface area (Å²) < 4.78 is 30.3. The number of furan rings is 1. The van der Waals surface area contributed by atoms with Crippen LogP contribution in [0.1, 0.15) is 11.4 Å². The fourth-order valence-corrected chi connectivity index (χ4v) is 4.29. The average Bonchev–Trinajstić information content (AvgIpc) is 3.15. The molecule has 0 radical (unpaired) electrons. The summed E-state index contributed by atoms with van der Waals surface area (Å²) in [5, 5.41) is 11.2. The van der Waals surface area contributed by atoms with E-state index in [2.05, 4.69) is 0 Å². The predicted octanol–water partition coefficient (Wildman–Crippen LogP) is 4.95. The van der Waals surface area contributed by atoms with Gasteiger partial charge in [0.25, 0.3) is 0 Å². The average molecular weight is 373 g/mol. The summed E-state index contributed by atoms with van der Waals surface area (Å²) in [4.78, 5) is 10.6. The topological polar surface area (TPSA) is 91.8 Å². The van der Waals surface area contributed by atoms with Crippen LogP contribution in [0.3, 0.4) is 0 Å². The Balaban J connectivity index is 2.02. The number of hydrogen-bond acceptors (Lipinski definition) is 6. The van der Waals surface area contributed by atoms with Crippen LogP contribution in [0, 0.1) is 10.1 Å². The van der Waals surface area contributed by atoms with Crippen LogP contribution < -0.4 is 9.05 Å². The molecule has 0 saturated carbocycles. The predicted molar refractivity (Wildman–Crippen MR) is 95.1 cm³/mol. The van der Waals surface area contributed by atoms with Crippen LogP contribution in [0.2, 0.25) is 0 Å². The fourth-order valence-electron chi connectivity index (χ4n) is 2.37. The van der Waals surface area contributed by atoms with Crippen LogP contribution >= 0.6 is 7.60 Å². The Morgan fingerprint density at radius 3 is 1.88 bits per heavy atom. The first-order valence-electron chi connectivity index (χ1n) is 7.81. The second-order valence-corrected chi connectivity index (χ2v) is 7.46. The van der Waals surface area contributed by atoms with Crippen LogP contribution in [0.5, 0.6) is 11.5 Å². The molecule has 0 aliphatic heterocycles. The molecule has 0 unspecified atom stereocenters. The molecular formula is C18H16NO6P. The van der Waals surface area contributed by atoms with Gasteiger partial charge in [0.05, 0.1) is 6.26 Å². The zero-order valence-electron chi connectivity index (χ0n) is 13.6. The summed E-state index contributed by atoms with van der Waals surface area (Å²) >= 11 is 0. The Morgan fingerprint density at radius 1 is 0.923 bits per heavy atom. The van der Waals surface area contributed by atoms with Crippen molar-refractivity contribution < 1.29 is 23.0 Å². The molecule has 2 aromatic carbocycles. The molecule has 1 heterocycles. The maximum atomic E-state index is 13.7. The van der Waals surface area contributed by atoms with Gasteiger partial charge in [-0.25, -0.2) is 4.57 Å². The Labute approximate surface area is 149 Å². The van der Waals surface area contributed by atoms with Gasteiger partial charge in [-0.1, -0.05) is 36.4 Å². The molecule has 26 heavy (non-hydrogen) atoms. The van der Waals surface area contributed by atoms with Gasteiger partial charge >= 0.3 is 7.60 Å². The second kappa shape index (κ2) is 7.89. The molecule has 7 nitrogen and oxygen atoms in total. The first-order chi connectivity index (χ1) is 12.6. The van der Waals surface area contributed by atoms with Gasteiger partial charge in [-0.15, -0.1) is 0 Å². The summed E-state index contributed by atoms with van der Waals surface area (Å²) in [5.41, 5.74) is -1.20. The lowest BCUT2D eigenvalue weighted by Crippen LogP contribution is -2.18. The maximum absolute atomic E-state index is 13.7. The zero-order chi connectivity index (χ0) is 18.4.